The maximum absolute atomic E-state index is 7.50. The van der Waals surface area contributed by atoms with Crippen molar-refractivity contribution in [2.45, 2.75) is 22.6 Å². The number of benzene rings is 2. The predicted molar refractivity (Wildman–Crippen MR) is 151 cm³/mol. The number of fused-ring (bicyclic) bond motifs is 4. The van der Waals surface area contributed by atoms with Gasteiger partial charge in [-0.2, -0.15) is 0 Å². The SMILES string of the molecule is C1=CC2C=CC(C=C1)[PH+]2c1ccccc1.C1=CC2C=CC(C=C1)[PH+]2c1ccccc1.[C-]#[O+].[C-]#[O+].[C-]#[O+].[Fe+3]. The zero-order chi connectivity index (χ0) is 26.2. The molecule has 4 atom stereocenters. The van der Waals surface area contributed by atoms with Crippen LogP contribution in [0.1, 0.15) is 0 Å². The van der Waals surface area contributed by atoms with Gasteiger partial charge in [-0.1, -0.05) is 60.7 Å². The van der Waals surface area contributed by atoms with Gasteiger partial charge in [-0.3, -0.25) is 0 Å². The van der Waals surface area contributed by atoms with Crippen LogP contribution in [-0.4, -0.2) is 22.6 Å². The number of hydrogen-bond acceptors (Lipinski definition) is 0. The zero-order valence-corrected chi connectivity index (χ0v) is 23.2. The number of rotatable bonds is 2. The fourth-order valence-corrected chi connectivity index (χ4v) is 10.9. The molecular weight excluding hydrogens is 538 g/mol. The van der Waals surface area contributed by atoms with E-state index in [4.69, 9.17) is 14.0 Å². The van der Waals surface area contributed by atoms with Gasteiger partial charge in [-0.15, -0.1) is 0 Å². The van der Waals surface area contributed by atoms with E-state index in [0.717, 1.165) is 0 Å². The van der Waals surface area contributed by atoms with E-state index in [1.54, 1.807) is 10.6 Å². The first-order chi connectivity index (χ1) is 17.9. The van der Waals surface area contributed by atoms with Crippen LogP contribution in [0.25, 0.3) is 0 Å². The van der Waals surface area contributed by atoms with Crippen molar-refractivity contribution in [3.05, 3.63) is 154 Å². The first kappa shape index (κ1) is 32.5. The number of allylic oxidation sites excluding steroid dienone is 12. The third kappa shape index (κ3) is 8.78. The summed E-state index contributed by atoms with van der Waals surface area (Å²) in [6, 6.07) is 22.0. The molecule has 6 heteroatoms. The maximum Gasteiger partial charge on any atom is 3.00 e. The molecule has 0 aliphatic carbocycles. The van der Waals surface area contributed by atoms with E-state index in [9.17, 15) is 0 Å². The van der Waals surface area contributed by atoms with Crippen molar-refractivity contribution in [3.63, 3.8) is 0 Å². The van der Waals surface area contributed by atoms with E-state index in [0.29, 0.717) is 22.6 Å². The Morgan fingerprint density at radius 3 is 0.892 bits per heavy atom. The van der Waals surface area contributed by atoms with Crippen molar-refractivity contribution in [2.24, 2.45) is 0 Å². The van der Waals surface area contributed by atoms with E-state index >= 15 is 0 Å². The van der Waals surface area contributed by atoms with Crippen LogP contribution in [-0.2, 0) is 31.0 Å². The summed E-state index contributed by atoms with van der Waals surface area (Å²) in [5.41, 5.74) is 2.71. The molecule has 0 N–H and O–H groups in total. The minimum atomic E-state index is -0.490. The van der Waals surface area contributed by atoms with Gasteiger partial charge in [0.15, 0.2) is 0 Å². The van der Waals surface area contributed by atoms with Crippen LogP contribution >= 0.6 is 15.8 Å². The summed E-state index contributed by atoms with van der Waals surface area (Å²) in [4.78, 5) is 0. The Balaban J connectivity index is 0.000000302. The van der Waals surface area contributed by atoms with Gasteiger partial charge in [-0.25, -0.2) is 0 Å². The molecule has 37 heavy (non-hydrogen) atoms. The Hall–Kier alpha value is -2.52. The van der Waals surface area contributed by atoms with Gasteiger partial charge in [0.1, 0.15) is 22.6 Å². The minimum Gasteiger partial charge on any atom is 3.00 e. The van der Waals surface area contributed by atoms with Crippen LogP contribution in [0.5, 0.6) is 0 Å². The Morgan fingerprint density at radius 1 is 0.405 bits per heavy atom. The van der Waals surface area contributed by atoms with Crippen LogP contribution in [0, 0.1) is 20.0 Å². The number of hydrogen-bond donors (Lipinski definition) is 0. The molecular formula is C31H28FeO3P2+5. The fourth-order valence-electron chi connectivity index (χ4n) is 4.78. The Labute approximate surface area is 233 Å². The van der Waals surface area contributed by atoms with Gasteiger partial charge in [0.2, 0.25) is 0 Å². The summed E-state index contributed by atoms with van der Waals surface area (Å²) in [7, 11) is -0.981. The maximum atomic E-state index is 7.50. The molecule has 0 amide bonds. The van der Waals surface area contributed by atoms with Crippen LogP contribution in [0.2, 0.25) is 0 Å². The van der Waals surface area contributed by atoms with Gasteiger partial charge >= 0.3 is 51.0 Å². The smallest absolute Gasteiger partial charge is 3.00 e. The molecule has 0 aromatic heterocycles. The predicted octanol–water partition coefficient (Wildman–Crippen LogP) is 5.80. The Kier molecular flexibility index (Phi) is 16.4. The summed E-state index contributed by atoms with van der Waals surface area (Å²) in [6.45, 7) is 13.5. The van der Waals surface area contributed by atoms with Crippen molar-refractivity contribution in [3.8, 4) is 0 Å². The van der Waals surface area contributed by atoms with Crippen molar-refractivity contribution < 1.29 is 31.0 Å². The molecule has 2 aromatic rings. The zero-order valence-electron chi connectivity index (χ0n) is 20.1. The van der Waals surface area contributed by atoms with Gasteiger partial charge in [0.25, 0.3) is 0 Å². The summed E-state index contributed by atoms with van der Waals surface area (Å²) >= 11 is 0. The monoisotopic (exact) mass is 566 g/mol. The molecule has 4 aliphatic heterocycles. The summed E-state index contributed by atoms with van der Waals surface area (Å²) in [5, 5.41) is 3.11. The average Bonchev–Trinajstić information content (AvgIpc) is 3.40. The van der Waals surface area contributed by atoms with E-state index in [2.05, 4.69) is 154 Å². The first-order valence-corrected chi connectivity index (χ1v) is 14.7. The van der Waals surface area contributed by atoms with Gasteiger partial charge in [0, 0.05) is 0 Å². The second-order valence-corrected chi connectivity index (χ2v) is 13.7. The Morgan fingerprint density at radius 2 is 0.649 bits per heavy atom. The third-order valence-electron chi connectivity index (χ3n) is 6.20. The van der Waals surface area contributed by atoms with E-state index in [1.807, 2.05) is 0 Å². The molecule has 1 radical (unpaired) electrons. The van der Waals surface area contributed by atoms with Gasteiger partial charge < -0.3 is 0 Å². The van der Waals surface area contributed by atoms with Crippen LogP contribution in [0.15, 0.2) is 134 Å². The molecule has 4 bridgehead atoms. The molecule has 0 fully saturated rings. The van der Waals surface area contributed by atoms with Crippen molar-refractivity contribution in [1.82, 2.24) is 0 Å². The third-order valence-corrected chi connectivity index (χ3v) is 12.6. The van der Waals surface area contributed by atoms with E-state index < -0.39 is 15.8 Å². The van der Waals surface area contributed by atoms with E-state index in [1.165, 1.54) is 0 Å². The normalized spacial score (nSPS) is 26.0. The van der Waals surface area contributed by atoms with Crippen molar-refractivity contribution >= 4 is 26.5 Å². The molecule has 2 aromatic carbocycles. The fraction of sp³-hybridized carbons (Fsp3) is 0.129. The molecule has 3 nitrogen and oxygen atoms in total. The molecule has 0 spiro atoms. The first-order valence-electron chi connectivity index (χ1n) is 11.4. The minimum absolute atomic E-state index is 0. The summed E-state index contributed by atoms with van der Waals surface area (Å²) < 4.78 is 22.5. The standard InChI is InChI=1S/2C14H13P.3CO.Fe/c2*1-2-6-12(7-3-1)15-13-8-4-5-9-14(15)11-10-13;3*1-2;/h2*1-11,13-14H;;;;/q;;;;;+3/p+2. The van der Waals surface area contributed by atoms with Crippen LogP contribution in [0.4, 0.5) is 0 Å². The second kappa shape index (κ2) is 18.7. The Bertz CT molecular complexity index is 1030. The summed E-state index contributed by atoms with van der Waals surface area (Å²) in [6.07, 6.45) is 27.7. The summed E-state index contributed by atoms with van der Waals surface area (Å²) in [5.74, 6) is 0. The van der Waals surface area contributed by atoms with Crippen LogP contribution in [0.3, 0.4) is 0 Å². The molecule has 0 saturated heterocycles. The molecule has 0 saturated carbocycles. The molecule has 4 unspecified atom stereocenters. The molecule has 4 aliphatic rings. The largest absolute Gasteiger partial charge is 3.00 e. The quantitative estimate of drug-likeness (QED) is 0.145. The van der Waals surface area contributed by atoms with Gasteiger partial charge in [0.05, 0.1) is 26.5 Å². The topological polar surface area (TPSA) is 59.7 Å². The molecule has 4 heterocycles. The van der Waals surface area contributed by atoms with E-state index in [-0.39, 0.29) is 17.1 Å². The molecule has 183 valence electrons. The molecule has 6 rings (SSSR count). The van der Waals surface area contributed by atoms with Crippen molar-refractivity contribution in [1.29, 1.82) is 0 Å². The van der Waals surface area contributed by atoms with Gasteiger partial charge in [-0.05, 0) is 72.9 Å². The second-order valence-electron chi connectivity index (χ2n) is 8.06. The van der Waals surface area contributed by atoms with Crippen LogP contribution < -0.4 is 10.6 Å². The average molecular weight is 566 g/mol. The van der Waals surface area contributed by atoms with Crippen molar-refractivity contribution in [2.75, 3.05) is 0 Å².